The fraction of sp³-hybridized carbons (Fsp3) is 1.00. The van der Waals surface area contributed by atoms with Gasteiger partial charge in [-0.25, -0.2) is 0 Å². The predicted octanol–water partition coefficient (Wildman–Crippen LogP) is 1.82. The third-order valence-corrected chi connectivity index (χ3v) is 4.01. The highest BCUT2D eigenvalue weighted by molar-refractivity contribution is 4.92. The van der Waals surface area contributed by atoms with Gasteiger partial charge in [0.15, 0.2) is 0 Å². The maximum atomic E-state index is 9.29. The first kappa shape index (κ1) is 9.47. The minimum absolute atomic E-state index is 0.349. The molecule has 0 aromatic heterocycles. The van der Waals surface area contributed by atoms with E-state index in [4.69, 9.17) is 4.74 Å². The molecule has 0 unspecified atom stereocenters. The summed E-state index contributed by atoms with van der Waals surface area (Å²) in [5, 5.41) is 9.29. The number of aliphatic hydroxyl groups is 1. The third-order valence-electron chi connectivity index (χ3n) is 4.01. The molecular weight excluding hydrogens is 164 g/mol. The SMILES string of the molecule is C[C@H]1[C@H]2[C@@H](CO)CCC[C@H]2O[C@H]1C. The van der Waals surface area contributed by atoms with Crippen LogP contribution in [-0.2, 0) is 4.74 Å². The summed E-state index contributed by atoms with van der Waals surface area (Å²) >= 11 is 0. The molecule has 1 aliphatic carbocycles. The van der Waals surface area contributed by atoms with Crippen molar-refractivity contribution in [2.75, 3.05) is 6.61 Å². The maximum absolute atomic E-state index is 9.29. The summed E-state index contributed by atoms with van der Waals surface area (Å²) in [4.78, 5) is 0. The van der Waals surface area contributed by atoms with Crippen molar-refractivity contribution in [1.82, 2.24) is 0 Å². The van der Waals surface area contributed by atoms with Crippen molar-refractivity contribution in [2.24, 2.45) is 17.8 Å². The first-order valence-corrected chi connectivity index (χ1v) is 5.50. The number of ether oxygens (including phenoxy) is 1. The van der Waals surface area contributed by atoms with Crippen molar-refractivity contribution in [1.29, 1.82) is 0 Å². The Kier molecular flexibility index (Phi) is 2.61. The van der Waals surface area contributed by atoms with Gasteiger partial charge >= 0.3 is 0 Å². The second kappa shape index (κ2) is 3.58. The highest BCUT2D eigenvalue weighted by Gasteiger charge is 2.45. The second-order valence-corrected chi connectivity index (χ2v) is 4.69. The van der Waals surface area contributed by atoms with Gasteiger partial charge in [-0.2, -0.15) is 0 Å². The summed E-state index contributed by atoms with van der Waals surface area (Å²) in [6.45, 7) is 4.78. The van der Waals surface area contributed by atoms with Crippen LogP contribution in [0.1, 0.15) is 33.1 Å². The molecule has 2 aliphatic rings. The smallest absolute Gasteiger partial charge is 0.0614 e. The van der Waals surface area contributed by atoms with E-state index >= 15 is 0 Å². The summed E-state index contributed by atoms with van der Waals surface area (Å²) in [7, 11) is 0. The lowest BCUT2D eigenvalue weighted by Gasteiger charge is -2.33. The van der Waals surface area contributed by atoms with Gasteiger partial charge < -0.3 is 9.84 Å². The molecule has 0 amide bonds. The Morgan fingerprint density at radius 3 is 2.77 bits per heavy atom. The Morgan fingerprint density at radius 2 is 2.08 bits per heavy atom. The highest BCUT2D eigenvalue weighted by Crippen LogP contribution is 2.44. The topological polar surface area (TPSA) is 29.5 Å². The molecule has 2 heteroatoms. The molecule has 5 atom stereocenters. The Morgan fingerprint density at radius 1 is 1.31 bits per heavy atom. The minimum atomic E-state index is 0.349. The number of hydrogen-bond donors (Lipinski definition) is 1. The zero-order chi connectivity index (χ0) is 9.42. The van der Waals surface area contributed by atoms with Crippen molar-refractivity contribution in [3.63, 3.8) is 0 Å². The van der Waals surface area contributed by atoms with E-state index in [1.165, 1.54) is 19.3 Å². The molecule has 0 aromatic carbocycles. The van der Waals surface area contributed by atoms with Gasteiger partial charge in [0.25, 0.3) is 0 Å². The van der Waals surface area contributed by atoms with Gasteiger partial charge in [0.05, 0.1) is 12.2 Å². The van der Waals surface area contributed by atoms with E-state index in [1.54, 1.807) is 0 Å². The fourth-order valence-electron chi connectivity index (χ4n) is 3.12. The van der Waals surface area contributed by atoms with Gasteiger partial charge in [0, 0.05) is 6.61 Å². The Labute approximate surface area is 80.3 Å². The molecule has 76 valence electrons. The van der Waals surface area contributed by atoms with Crippen LogP contribution in [0.25, 0.3) is 0 Å². The van der Waals surface area contributed by atoms with Crippen LogP contribution < -0.4 is 0 Å². The lowest BCUT2D eigenvalue weighted by Crippen LogP contribution is -2.34. The average molecular weight is 184 g/mol. The van der Waals surface area contributed by atoms with E-state index in [-0.39, 0.29) is 0 Å². The average Bonchev–Trinajstić information content (AvgIpc) is 2.43. The molecule has 1 saturated heterocycles. The molecular formula is C11H20O2. The van der Waals surface area contributed by atoms with Crippen molar-refractivity contribution in [2.45, 2.75) is 45.3 Å². The van der Waals surface area contributed by atoms with E-state index in [0.29, 0.717) is 36.6 Å². The lowest BCUT2D eigenvalue weighted by molar-refractivity contribution is 0.00329. The van der Waals surface area contributed by atoms with Gasteiger partial charge in [-0.3, -0.25) is 0 Å². The standard InChI is InChI=1S/C11H20O2/c1-7-8(2)13-10-5-3-4-9(6-12)11(7)10/h7-12H,3-6H2,1-2H3/t7-,8+,9-,10-,11+/m1/s1. The van der Waals surface area contributed by atoms with E-state index in [2.05, 4.69) is 13.8 Å². The predicted molar refractivity (Wildman–Crippen MR) is 51.4 cm³/mol. The molecule has 0 aromatic rings. The molecule has 1 aliphatic heterocycles. The van der Waals surface area contributed by atoms with Crippen molar-refractivity contribution in [3.8, 4) is 0 Å². The van der Waals surface area contributed by atoms with Crippen LogP contribution in [0.5, 0.6) is 0 Å². The van der Waals surface area contributed by atoms with Crippen LogP contribution in [0.4, 0.5) is 0 Å². The van der Waals surface area contributed by atoms with Crippen molar-refractivity contribution in [3.05, 3.63) is 0 Å². The summed E-state index contributed by atoms with van der Waals surface area (Å²) in [6.07, 6.45) is 4.46. The van der Waals surface area contributed by atoms with Crippen molar-refractivity contribution >= 4 is 0 Å². The lowest BCUT2D eigenvalue weighted by atomic mass is 9.72. The quantitative estimate of drug-likeness (QED) is 0.673. The van der Waals surface area contributed by atoms with Gasteiger partial charge in [-0.1, -0.05) is 13.3 Å². The highest BCUT2D eigenvalue weighted by atomic mass is 16.5. The zero-order valence-corrected chi connectivity index (χ0v) is 8.57. The molecule has 1 heterocycles. The Balaban J connectivity index is 2.11. The van der Waals surface area contributed by atoms with Crippen molar-refractivity contribution < 1.29 is 9.84 Å². The number of aliphatic hydroxyl groups excluding tert-OH is 1. The summed E-state index contributed by atoms with van der Waals surface area (Å²) < 4.78 is 5.90. The third kappa shape index (κ3) is 1.50. The van der Waals surface area contributed by atoms with E-state index < -0.39 is 0 Å². The van der Waals surface area contributed by atoms with Gasteiger partial charge in [-0.05, 0) is 37.5 Å². The van der Waals surface area contributed by atoms with Gasteiger partial charge in [0.1, 0.15) is 0 Å². The Hall–Kier alpha value is -0.0800. The summed E-state index contributed by atoms with van der Waals surface area (Å²) in [5.41, 5.74) is 0. The monoisotopic (exact) mass is 184 g/mol. The summed E-state index contributed by atoms with van der Waals surface area (Å²) in [6, 6.07) is 0. The minimum Gasteiger partial charge on any atom is -0.396 e. The van der Waals surface area contributed by atoms with E-state index in [9.17, 15) is 5.11 Å². The van der Waals surface area contributed by atoms with Crippen LogP contribution in [-0.4, -0.2) is 23.9 Å². The molecule has 0 radical (unpaired) electrons. The van der Waals surface area contributed by atoms with Crippen LogP contribution >= 0.6 is 0 Å². The van der Waals surface area contributed by atoms with Crippen LogP contribution in [0.3, 0.4) is 0 Å². The maximum Gasteiger partial charge on any atom is 0.0614 e. The molecule has 2 fully saturated rings. The largest absolute Gasteiger partial charge is 0.396 e. The molecule has 1 N–H and O–H groups in total. The Bertz CT molecular complexity index is 175. The summed E-state index contributed by atoms with van der Waals surface area (Å²) in [5.74, 6) is 1.75. The molecule has 13 heavy (non-hydrogen) atoms. The molecule has 1 saturated carbocycles. The zero-order valence-electron chi connectivity index (χ0n) is 8.57. The fourth-order valence-corrected chi connectivity index (χ4v) is 3.12. The van der Waals surface area contributed by atoms with E-state index in [0.717, 1.165) is 0 Å². The van der Waals surface area contributed by atoms with E-state index in [1.807, 2.05) is 0 Å². The number of hydrogen-bond acceptors (Lipinski definition) is 2. The molecule has 2 rings (SSSR count). The molecule has 0 bridgehead atoms. The second-order valence-electron chi connectivity index (χ2n) is 4.69. The van der Waals surface area contributed by atoms with Gasteiger partial charge in [0.2, 0.25) is 0 Å². The van der Waals surface area contributed by atoms with Crippen LogP contribution in [0.15, 0.2) is 0 Å². The van der Waals surface area contributed by atoms with Gasteiger partial charge in [-0.15, -0.1) is 0 Å². The first-order chi connectivity index (χ1) is 6.24. The number of rotatable bonds is 1. The van der Waals surface area contributed by atoms with Crippen LogP contribution in [0, 0.1) is 17.8 Å². The van der Waals surface area contributed by atoms with Crippen LogP contribution in [0.2, 0.25) is 0 Å². The first-order valence-electron chi connectivity index (χ1n) is 5.50. The normalized spacial score (nSPS) is 50.5. The molecule has 0 spiro atoms. The molecule has 2 nitrogen and oxygen atoms in total. The number of fused-ring (bicyclic) bond motifs is 1.